The van der Waals surface area contributed by atoms with Crippen molar-refractivity contribution >= 4 is 22.3 Å². The fraction of sp³-hybridized carbons (Fsp3) is 0.111. The van der Waals surface area contributed by atoms with Crippen LogP contribution in [0, 0.1) is 0 Å². The molecule has 9 heteroatoms. The largest absolute Gasteiger partial charge is 0.390 e. The highest BCUT2D eigenvalue weighted by Gasteiger charge is 2.25. The van der Waals surface area contributed by atoms with E-state index >= 15 is 0 Å². The van der Waals surface area contributed by atoms with Crippen molar-refractivity contribution < 1.29 is 5.11 Å². The van der Waals surface area contributed by atoms with Crippen LogP contribution in [0.5, 0.6) is 0 Å². The van der Waals surface area contributed by atoms with Gasteiger partial charge in [0.05, 0.1) is 35.4 Å². The molecule has 2 aliphatic rings. The number of imidazole rings is 1. The predicted octanol–water partition coefficient (Wildman–Crippen LogP) is 1.20. The predicted molar refractivity (Wildman–Crippen MR) is 99.7 cm³/mol. The lowest BCUT2D eigenvalue weighted by atomic mass is 10.0. The topological polar surface area (TPSA) is 107 Å². The maximum absolute atomic E-state index is 9.64. The van der Waals surface area contributed by atoms with Gasteiger partial charge in [0.1, 0.15) is 11.3 Å². The van der Waals surface area contributed by atoms with Crippen molar-refractivity contribution in [3.05, 3.63) is 72.1 Å². The Bertz CT molecular complexity index is 1130. The number of aryl methyl sites for hydroxylation is 1. The molecule has 3 aromatic rings. The molecule has 2 aliphatic heterocycles. The van der Waals surface area contributed by atoms with Crippen LogP contribution in [-0.4, -0.2) is 40.6 Å². The third kappa shape index (κ3) is 2.52. The summed E-state index contributed by atoms with van der Waals surface area (Å²) >= 11 is 0. The molecule has 0 aliphatic carbocycles. The highest BCUT2D eigenvalue weighted by atomic mass is 16.3. The Morgan fingerprint density at radius 3 is 3.07 bits per heavy atom. The molecule has 0 aromatic carbocycles. The van der Waals surface area contributed by atoms with Gasteiger partial charge in [0.2, 0.25) is 0 Å². The summed E-state index contributed by atoms with van der Waals surface area (Å²) in [4.78, 5) is 16.5. The molecule has 3 N–H and O–H groups in total. The van der Waals surface area contributed by atoms with Gasteiger partial charge < -0.3 is 15.5 Å². The van der Waals surface area contributed by atoms with E-state index in [-0.39, 0.29) is 6.61 Å². The Morgan fingerprint density at radius 1 is 1.30 bits per heavy atom. The molecule has 0 bridgehead atoms. The first kappa shape index (κ1) is 15.5. The molecule has 5 heterocycles. The molecule has 0 unspecified atom stereocenters. The molecule has 0 radical (unpaired) electrons. The summed E-state index contributed by atoms with van der Waals surface area (Å²) in [5.41, 5.74) is 8.79. The molecule has 0 amide bonds. The maximum atomic E-state index is 9.64. The Balaban J connectivity index is 1.59. The average Bonchev–Trinajstić information content (AvgIpc) is 3.30. The standard InChI is InChI=1S/C18H16N8O/c1-25-9-12(15(10-27)24-25)17-16-6-11(7-21-26(16)5-4-20-17)18-22-13-2-3-19-8-14(13)23-18/h2-9,21,27H,10H2,1H3,(H,22,23). The zero-order valence-corrected chi connectivity index (χ0v) is 14.5. The maximum Gasteiger partial charge on any atom is 0.140 e. The van der Waals surface area contributed by atoms with Gasteiger partial charge in [-0.3, -0.25) is 19.7 Å². The summed E-state index contributed by atoms with van der Waals surface area (Å²) in [6.45, 7) is -0.154. The number of nitrogens with one attached hydrogen (secondary N) is 2. The summed E-state index contributed by atoms with van der Waals surface area (Å²) in [5.74, 6) is 0.736. The van der Waals surface area contributed by atoms with E-state index < -0.39 is 0 Å². The van der Waals surface area contributed by atoms with E-state index in [0.717, 1.165) is 39.4 Å². The smallest absolute Gasteiger partial charge is 0.140 e. The van der Waals surface area contributed by atoms with Crippen LogP contribution in [0.25, 0.3) is 16.6 Å². The Labute approximate surface area is 154 Å². The van der Waals surface area contributed by atoms with Gasteiger partial charge in [-0.15, -0.1) is 0 Å². The van der Waals surface area contributed by atoms with Crippen LogP contribution >= 0.6 is 0 Å². The number of aliphatic hydroxyl groups excluding tert-OH is 1. The molecular formula is C18H16N8O. The number of aliphatic hydroxyl groups is 1. The highest BCUT2D eigenvalue weighted by Crippen LogP contribution is 2.27. The lowest BCUT2D eigenvalue weighted by molar-refractivity contribution is 0.275. The Hall–Kier alpha value is -3.72. The number of nitrogens with zero attached hydrogens (tertiary/aromatic N) is 6. The SMILES string of the molecule is Cn1cc(C2=NC=CN3NC=C(c4nc5cnccc5[nH]4)C=C23)c(CO)n1. The van der Waals surface area contributed by atoms with Crippen LogP contribution in [-0.2, 0) is 13.7 Å². The highest BCUT2D eigenvalue weighted by molar-refractivity contribution is 6.14. The van der Waals surface area contributed by atoms with E-state index in [2.05, 4.69) is 30.5 Å². The first-order chi connectivity index (χ1) is 13.2. The molecule has 9 nitrogen and oxygen atoms in total. The summed E-state index contributed by atoms with van der Waals surface area (Å²) in [7, 11) is 1.82. The van der Waals surface area contributed by atoms with Crippen molar-refractivity contribution in [2.75, 3.05) is 0 Å². The van der Waals surface area contributed by atoms with Crippen LogP contribution in [0.15, 0.2) is 60.0 Å². The van der Waals surface area contributed by atoms with Gasteiger partial charge >= 0.3 is 0 Å². The van der Waals surface area contributed by atoms with E-state index in [4.69, 9.17) is 0 Å². The molecular weight excluding hydrogens is 344 g/mol. The fourth-order valence-corrected chi connectivity index (χ4v) is 3.20. The summed E-state index contributed by atoms with van der Waals surface area (Å²) in [6.07, 6.45) is 12.7. The molecule has 5 rings (SSSR count). The number of rotatable bonds is 3. The van der Waals surface area contributed by atoms with E-state index in [1.165, 1.54) is 0 Å². The number of hydrogen-bond acceptors (Lipinski definition) is 7. The Kier molecular flexibility index (Phi) is 3.41. The minimum Gasteiger partial charge on any atom is -0.390 e. The molecule has 0 saturated carbocycles. The van der Waals surface area contributed by atoms with Crippen molar-refractivity contribution in [1.82, 2.24) is 35.2 Å². The van der Waals surface area contributed by atoms with Gasteiger partial charge in [0, 0.05) is 49.2 Å². The first-order valence-electron chi connectivity index (χ1n) is 8.39. The summed E-state index contributed by atoms with van der Waals surface area (Å²) < 4.78 is 1.67. The van der Waals surface area contributed by atoms with E-state index in [0.29, 0.717) is 5.69 Å². The average molecular weight is 360 g/mol. The van der Waals surface area contributed by atoms with Gasteiger partial charge in [0.15, 0.2) is 0 Å². The van der Waals surface area contributed by atoms with Gasteiger partial charge in [-0.05, 0) is 12.1 Å². The molecule has 0 fully saturated rings. The number of aromatic nitrogens is 5. The van der Waals surface area contributed by atoms with Crippen molar-refractivity contribution in [3.8, 4) is 0 Å². The van der Waals surface area contributed by atoms with Crippen LogP contribution in [0.1, 0.15) is 17.1 Å². The third-order valence-corrected chi connectivity index (χ3v) is 4.44. The fourth-order valence-electron chi connectivity index (χ4n) is 3.20. The number of fused-ring (bicyclic) bond motifs is 2. The van der Waals surface area contributed by atoms with Crippen LogP contribution in [0.2, 0.25) is 0 Å². The third-order valence-electron chi connectivity index (χ3n) is 4.44. The van der Waals surface area contributed by atoms with Gasteiger partial charge in [-0.1, -0.05) is 0 Å². The van der Waals surface area contributed by atoms with Gasteiger partial charge in [-0.25, -0.2) is 4.98 Å². The normalized spacial score (nSPS) is 15.9. The quantitative estimate of drug-likeness (QED) is 0.648. The van der Waals surface area contributed by atoms with Crippen molar-refractivity contribution in [3.63, 3.8) is 0 Å². The zero-order chi connectivity index (χ0) is 18.4. The monoisotopic (exact) mass is 360 g/mol. The van der Waals surface area contributed by atoms with Crippen molar-refractivity contribution in [1.29, 1.82) is 0 Å². The second kappa shape index (κ2) is 5.92. The van der Waals surface area contributed by atoms with Crippen LogP contribution in [0.3, 0.4) is 0 Å². The number of H-pyrrole nitrogens is 1. The number of pyridine rings is 1. The van der Waals surface area contributed by atoms with Crippen molar-refractivity contribution in [2.24, 2.45) is 12.0 Å². The molecule has 0 spiro atoms. The van der Waals surface area contributed by atoms with E-state index in [9.17, 15) is 5.11 Å². The number of aromatic amines is 1. The summed E-state index contributed by atoms with van der Waals surface area (Å²) in [6, 6.07) is 1.89. The molecule has 27 heavy (non-hydrogen) atoms. The first-order valence-corrected chi connectivity index (χ1v) is 8.39. The minimum absolute atomic E-state index is 0.154. The second-order valence-corrected chi connectivity index (χ2v) is 6.20. The lowest BCUT2D eigenvalue weighted by Crippen LogP contribution is -2.36. The number of hydrogen-bond donors (Lipinski definition) is 3. The second-order valence-electron chi connectivity index (χ2n) is 6.20. The van der Waals surface area contributed by atoms with Gasteiger partial charge in [-0.2, -0.15) is 5.10 Å². The van der Waals surface area contributed by atoms with Gasteiger partial charge in [0.25, 0.3) is 0 Å². The van der Waals surface area contributed by atoms with Crippen molar-refractivity contribution in [2.45, 2.75) is 6.61 Å². The molecule has 0 atom stereocenters. The van der Waals surface area contributed by atoms with Crippen LogP contribution < -0.4 is 5.43 Å². The molecule has 3 aromatic heterocycles. The van der Waals surface area contributed by atoms with E-state index in [1.807, 2.05) is 42.8 Å². The number of aliphatic imine (C=N–C) groups is 1. The van der Waals surface area contributed by atoms with Crippen LogP contribution in [0.4, 0.5) is 0 Å². The van der Waals surface area contributed by atoms with E-state index in [1.54, 1.807) is 23.3 Å². The Morgan fingerprint density at radius 2 is 2.22 bits per heavy atom. The molecule has 134 valence electrons. The zero-order valence-electron chi connectivity index (χ0n) is 14.5. The minimum atomic E-state index is -0.154. The lowest BCUT2D eigenvalue weighted by Gasteiger charge is -2.30. The number of allylic oxidation sites excluding steroid dienone is 3. The number of hydrazine groups is 1. The summed E-state index contributed by atoms with van der Waals surface area (Å²) in [5, 5.41) is 15.8. The molecule has 0 saturated heterocycles.